The van der Waals surface area contributed by atoms with Crippen molar-refractivity contribution in [1.29, 1.82) is 0 Å². The second kappa shape index (κ2) is 7.25. The summed E-state index contributed by atoms with van der Waals surface area (Å²) in [4.78, 5) is 28.9. The molecule has 0 radical (unpaired) electrons. The Morgan fingerprint density at radius 3 is 2.80 bits per heavy atom. The van der Waals surface area contributed by atoms with Crippen LogP contribution in [0, 0.1) is 13.8 Å². The summed E-state index contributed by atoms with van der Waals surface area (Å²) in [6.45, 7) is 4.21. The molecule has 1 aliphatic rings. The summed E-state index contributed by atoms with van der Waals surface area (Å²) in [6.07, 6.45) is 2.29. The Labute approximate surface area is 146 Å². The Kier molecular flexibility index (Phi) is 4.88. The van der Waals surface area contributed by atoms with Crippen molar-refractivity contribution in [2.24, 2.45) is 5.10 Å². The van der Waals surface area contributed by atoms with Crippen molar-refractivity contribution in [3.63, 3.8) is 0 Å². The van der Waals surface area contributed by atoms with E-state index in [1.165, 1.54) is 5.01 Å². The van der Waals surface area contributed by atoms with Crippen LogP contribution in [0.5, 0.6) is 0 Å². The number of pyridine rings is 1. The van der Waals surface area contributed by atoms with E-state index >= 15 is 0 Å². The molecule has 2 heterocycles. The Morgan fingerprint density at radius 1 is 1.20 bits per heavy atom. The Morgan fingerprint density at radius 2 is 2.04 bits per heavy atom. The van der Waals surface area contributed by atoms with Gasteiger partial charge in [0.05, 0.1) is 17.9 Å². The van der Waals surface area contributed by atoms with Crippen LogP contribution in [0.25, 0.3) is 0 Å². The van der Waals surface area contributed by atoms with Crippen molar-refractivity contribution in [3.05, 3.63) is 59.4 Å². The topological polar surface area (TPSA) is 74.7 Å². The van der Waals surface area contributed by atoms with Crippen molar-refractivity contribution in [1.82, 2.24) is 10.3 Å². The highest BCUT2D eigenvalue weighted by Crippen LogP contribution is 2.25. The molecule has 0 fully saturated rings. The van der Waals surface area contributed by atoms with Gasteiger partial charge in [0.1, 0.15) is 5.71 Å². The average Bonchev–Trinajstić information content (AvgIpc) is 2.63. The van der Waals surface area contributed by atoms with E-state index in [9.17, 15) is 9.59 Å². The van der Waals surface area contributed by atoms with E-state index in [0.29, 0.717) is 18.7 Å². The second-order valence-corrected chi connectivity index (χ2v) is 6.05. The summed E-state index contributed by atoms with van der Waals surface area (Å²) in [5, 5.41) is 8.48. The van der Waals surface area contributed by atoms with Crippen molar-refractivity contribution >= 4 is 23.2 Å². The quantitative estimate of drug-likeness (QED) is 0.932. The van der Waals surface area contributed by atoms with Crippen LogP contribution in [0.2, 0.25) is 0 Å². The molecule has 0 unspecified atom stereocenters. The fourth-order valence-electron chi connectivity index (χ4n) is 2.63. The van der Waals surface area contributed by atoms with E-state index < -0.39 is 0 Å². The number of nitrogens with zero attached hydrogens (tertiary/aromatic N) is 3. The summed E-state index contributed by atoms with van der Waals surface area (Å²) in [5.41, 5.74) is 3.83. The number of nitrogens with one attached hydrogen (secondary N) is 1. The van der Waals surface area contributed by atoms with Crippen LogP contribution in [-0.2, 0) is 16.1 Å². The van der Waals surface area contributed by atoms with E-state index in [2.05, 4.69) is 15.4 Å². The highest BCUT2D eigenvalue weighted by molar-refractivity contribution is 6.40. The lowest BCUT2D eigenvalue weighted by atomic mass is 10.1. The number of rotatable bonds is 4. The Bertz CT molecular complexity index is 831. The van der Waals surface area contributed by atoms with Gasteiger partial charge in [0.15, 0.2) is 0 Å². The van der Waals surface area contributed by atoms with Gasteiger partial charge in [-0.2, -0.15) is 5.10 Å². The van der Waals surface area contributed by atoms with Crippen molar-refractivity contribution in [2.45, 2.75) is 33.2 Å². The number of aryl methyl sites for hydroxylation is 2. The number of amides is 2. The molecule has 1 N–H and O–H groups in total. The fraction of sp³-hybridized carbons (Fsp3) is 0.263. The molecular formula is C19H20N4O2. The van der Waals surface area contributed by atoms with Crippen LogP contribution in [0.4, 0.5) is 5.69 Å². The van der Waals surface area contributed by atoms with Gasteiger partial charge < -0.3 is 5.32 Å². The molecule has 1 aliphatic heterocycles. The molecule has 25 heavy (non-hydrogen) atoms. The molecule has 0 saturated heterocycles. The maximum Gasteiger partial charge on any atom is 0.267 e. The Balaban J connectivity index is 1.78. The smallest absolute Gasteiger partial charge is 0.267 e. The normalized spacial score (nSPS) is 14.2. The summed E-state index contributed by atoms with van der Waals surface area (Å²) in [7, 11) is 0. The van der Waals surface area contributed by atoms with E-state index in [4.69, 9.17) is 0 Å². The van der Waals surface area contributed by atoms with E-state index in [-0.39, 0.29) is 18.2 Å². The van der Waals surface area contributed by atoms with Crippen molar-refractivity contribution in [3.8, 4) is 0 Å². The molecule has 3 rings (SSSR count). The number of aromatic nitrogens is 1. The van der Waals surface area contributed by atoms with Gasteiger partial charge in [0, 0.05) is 19.0 Å². The maximum atomic E-state index is 12.4. The van der Waals surface area contributed by atoms with E-state index in [0.717, 1.165) is 22.5 Å². The van der Waals surface area contributed by atoms with Gasteiger partial charge in [0.2, 0.25) is 5.91 Å². The van der Waals surface area contributed by atoms with E-state index in [1.54, 1.807) is 6.20 Å². The molecule has 128 valence electrons. The van der Waals surface area contributed by atoms with Crippen LogP contribution in [-0.4, -0.2) is 22.5 Å². The minimum Gasteiger partial charge on any atom is -0.345 e. The van der Waals surface area contributed by atoms with Crippen LogP contribution in [0.3, 0.4) is 0 Å². The minimum absolute atomic E-state index is 0.102. The zero-order valence-corrected chi connectivity index (χ0v) is 14.3. The lowest BCUT2D eigenvalue weighted by Gasteiger charge is -2.24. The molecule has 0 saturated carbocycles. The summed E-state index contributed by atoms with van der Waals surface area (Å²) in [5.74, 6) is -0.372. The summed E-state index contributed by atoms with van der Waals surface area (Å²) < 4.78 is 0. The third kappa shape index (κ3) is 3.91. The van der Waals surface area contributed by atoms with Gasteiger partial charge in [-0.1, -0.05) is 18.2 Å². The van der Waals surface area contributed by atoms with Gasteiger partial charge in [-0.15, -0.1) is 0 Å². The third-order valence-electron chi connectivity index (χ3n) is 4.04. The van der Waals surface area contributed by atoms with Crippen LogP contribution < -0.4 is 10.3 Å². The minimum atomic E-state index is -0.270. The highest BCUT2D eigenvalue weighted by atomic mass is 16.2. The molecule has 1 aromatic heterocycles. The number of hydrazone groups is 1. The van der Waals surface area contributed by atoms with Crippen LogP contribution in [0.15, 0.2) is 47.7 Å². The molecule has 6 nitrogen and oxygen atoms in total. The first-order valence-electron chi connectivity index (χ1n) is 8.20. The summed E-state index contributed by atoms with van der Waals surface area (Å²) in [6, 6.07) is 11.4. The first-order valence-corrected chi connectivity index (χ1v) is 8.20. The standard InChI is InChI=1S/C19H20N4O2/c1-13-6-7-14(2)17(11-13)23-18(24)9-8-16(22-23)19(25)21-12-15-5-3-4-10-20-15/h3-7,10-11H,8-9,12H2,1-2H3,(H,21,25). The summed E-state index contributed by atoms with van der Waals surface area (Å²) >= 11 is 0. The third-order valence-corrected chi connectivity index (χ3v) is 4.04. The van der Waals surface area contributed by atoms with Gasteiger partial charge in [-0.25, -0.2) is 5.01 Å². The van der Waals surface area contributed by atoms with Gasteiger partial charge >= 0.3 is 0 Å². The molecular weight excluding hydrogens is 316 g/mol. The molecule has 0 atom stereocenters. The first-order chi connectivity index (χ1) is 12.0. The van der Waals surface area contributed by atoms with Crippen molar-refractivity contribution in [2.75, 3.05) is 5.01 Å². The van der Waals surface area contributed by atoms with Crippen LogP contribution in [0.1, 0.15) is 29.7 Å². The number of carbonyl (C=O) groups is 2. The zero-order valence-electron chi connectivity index (χ0n) is 14.3. The molecule has 0 bridgehead atoms. The van der Waals surface area contributed by atoms with Gasteiger partial charge in [0.25, 0.3) is 5.91 Å². The molecule has 6 heteroatoms. The zero-order chi connectivity index (χ0) is 17.8. The number of carbonyl (C=O) groups excluding carboxylic acids is 2. The first kappa shape index (κ1) is 16.8. The number of anilines is 1. The second-order valence-electron chi connectivity index (χ2n) is 6.05. The molecule has 1 aromatic carbocycles. The number of benzene rings is 1. The van der Waals surface area contributed by atoms with Gasteiger partial charge in [-0.05, 0) is 43.2 Å². The molecule has 2 amide bonds. The largest absolute Gasteiger partial charge is 0.345 e. The van der Waals surface area contributed by atoms with Crippen LogP contribution >= 0.6 is 0 Å². The lowest BCUT2D eigenvalue weighted by Crippen LogP contribution is -2.39. The predicted molar refractivity (Wildman–Crippen MR) is 96.2 cm³/mol. The molecule has 2 aromatic rings. The van der Waals surface area contributed by atoms with Crippen molar-refractivity contribution < 1.29 is 9.59 Å². The lowest BCUT2D eigenvalue weighted by molar-refractivity contribution is -0.119. The predicted octanol–water partition coefficient (Wildman–Crippen LogP) is 2.50. The fourth-order valence-corrected chi connectivity index (χ4v) is 2.63. The Hall–Kier alpha value is -3.02. The van der Waals surface area contributed by atoms with Gasteiger partial charge in [-0.3, -0.25) is 14.6 Å². The number of hydrogen-bond donors (Lipinski definition) is 1. The highest BCUT2D eigenvalue weighted by Gasteiger charge is 2.26. The SMILES string of the molecule is Cc1ccc(C)c(N2N=C(C(=O)NCc3ccccn3)CCC2=O)c1. The average molecular weight is 336 g/mol. The molecule has 0 spiro atoms. The maximum absolute atomic E-state index is 12.4. The number of hydrogen-bond acceptors (Lipinski definition) is 4. The van der Waals surface area contributed by atoms with E-state index in [1.807, 2.05) is 50.2 Å². The monoisotopic (exact) mass is 336 g/mol. The molecule has 0 aliphatic carbocycles.